The lowest BCUT2D eigenvalue weighted by molar-refractivity contribution is 0.0439. The third kappa shape index (κ3) is 2.58. The summed E-state index contributed by atoms with van der Waals surface area (Å²) in [5.74, 6) is 0.842. The van der Waals surface area contributed by atoms with E-state index in [2.05, 4.69) is 24.4 Å². The molecule has 0 unspecified atom stereocenters. The number of ether oxygens (including phenoxy) is 1. The summed E-state index contributed by atoms with van der Waals surface area (Å²) in [5, 5.41) is 3.72. The molecule has 1 aliphatic heterocycles. The van der Waals surface area contributed by atoms with Crippen LogP contribution < -0.4 is 5.32 Å². The average molecular weight is 195 g/mol. The maximum atomic E-state index is 5.38. The van der Waals surface area contributed by atoms with Gasteiger partial charge in [0.1, 0.15) is 0 Å². The predicted octanol–water partition coefficient (Wildman–Crippen LogP) is 2.11. The van der Waals surface area contributed by atoms with Gasteiger partial charge in [-0.3, -0.25) is 0 Å². The number of hydrogen-bond donors (Lipinski definition) is 1. The van der Waals surface area contributed by atoms with Gasteiger partial charge in [0.2, 0.25) is 0 Å². The monoisotopic (exact) mass is 195 g/mol. The molecule has 2 nitrogen and oxygen atoms in total. The van der Waals surface area contributed by atoms with Crippen molar-refractivity contribution in [1.29, 1.82) is 0 Å². The number of allylic oxidation sites excluding steroid dienone is 2. The first-order valence-corrected chi connectivity index (χ1v) is 5.76. The normalized spacial score (nSPS) is 26.9. The smallest absolute Gasteiger partial charge is 0.0483 e. The molecule has 1 heterocycles. The van der Waals surface area contributed by atoms with Gasteiger partial charge in [-0.2, -0.15) is 0 Å². The Kier molecular flexibility index (Phi) is 3.24. The third-order valence-electron chi connectivity index (χ3n) is 3.52. The molecule has 2 aliphatic rings. The van der Waals surface area contributed by atoms with Gasteiger partial charge in [0.05, 0.1) is 0 Å². The molecular weight excluding hydrogens is 174 g/mol. The molecule has 0 spiro atoms. The molecule has 0 amide bonds. The van der Waals surface area contributed by atoms with Crippen molar-refractivity contribution < 1.29 is 4.74 Å². The van der Waals surface area contributed by atoms with E-state index < -0.39 is 0 Å². The van der Waals surface area contributed by atoms with E-state index in [9.17, 15) is 0 Å². The van der Waals surface area contributed by atoms with Gasteiger partial charge >= 0.3 is 0 Å². The van der Waals surface area contributed by atoms with E-state index in [1.165, 1.54) is 19.4 Å². The first kappa shape index (κ1) is 10.2. The molecule has 1 aliphatic carbocycles. The Morgan fingerprint density at radius 1 is 1.29 bits per heavy atom. The molecule has 0 aromatic heterocycles. The van der Waals surface area contributed by atoms with Crippen LogP contribution in [0.15, 0.2) is 12.2 Å². The molecule has 0 saturated carbocycles. The minimum absolute atomic E-state index is 0.334. The lowest BCUT2D eigenvalue weighted by atomic mass is 9.91. The van der Waals surface area contributed by atoms with E-state index in [-0.39, 0.29) is 0 Å². The predicted molar refractivity (Wildman–Crippen MR) is 58.3 cm³/mol. The Labute approximate surface area is 86.7 Å². The highest BCUT2D eigenvalue weighted by molar-refractivity contribution is 4.96. The maximum Gasteiger partial charge on any atom is 0.0483 e. The van der Waals surface area contributed by atoms with Gasteiger partial charge in [0.25, 0.3) is 0 Å². The van der Waals surface area contributed by atoms with E-state index in [0.717, 1.165) is 32.0 Å². The van der Waals surface area contributed by atoms with E-state index in [1.54, 1.807) is 0 Å². The first-order chi connectivity index (χ1) is 6.79. The van der Waals surface area contributed by atoms with Crippen LogP contribution in [0.5, 0.6) is 0 Å². The summed E-state index contributed by atoms with van der Waals surface area (Å²) in [6, 6.07) is 0. The van der Waals surface area contributed by atoms with Gasteiger partial charge in [-0.25, -0.2) is 0 Å². The molecule has 1 saturated heterocycles. The van der Waals surface area contributed by atoms with Crippen molar-refractivity contribution in [1.82, 2.24) is 5.32 Å². The largest absolute Gasteiger partial charge is 0.381 e. The van der Waals surface area contributed by atoms with Gasteiger partial charge in [-0.15, -0.1) is 0 Å². The second-order valence-electron chi connectivity index (χ2n) is 4.86. The lowest BCUT2D eigenvalue weighted by Gasteiger charge is -2.35. The summed E-state index contributed by atoms with van der Waals surface area (Å²) in [4.78, 5) is 0. The fourth-order valence-corrected chi connectivity index (χ4v) is 2.23. The second-order valence-corrected chi connectivity index (χ2v) is 4.86. The molecule has 14 heavy (non-hydrogen) atoms. The minimum Gasteiger partial charge on any atom is -0.381 e. The Hall–Kier alpha value is -0.340. The first-order valence-electron chi connectivity index (χ1n) is 5.76. The Morgan fingerprint density at radius 3 is 2.57 bits per heavy atom. The average Bonchev–Trinajstić information content (AvgIpc) is 2.69. The molecule has 2 heteroatoms. The molecule has 0 radical (unpaired) electrons. The van der Waals surface area contributed by atoms with Gasteiger partial charge < -0.3 is 10.1 Å². The van der Waals surface area contributed by atoms with Crippen LogP contribution in [0.25, 0.3) is 0 Å². The highest BCUT2D eigenvalue weighted by Gasteiger charge is 2.27. The van der Waals surface area contributed by atoms with Gasteiger partial charge in [-0.1, -0.05) is 12.2 Å². The fourth-order valence-electron chi connectivity index (χ4n) is 2.23. The molecule has 2 rings (SSSR count). The van der Waals surface area contributed by atoms with Crippen LogP contribution in [0.4, 0.5) is 0 Å². The van der Waals surface area contributed by atoms with Crippen molar-refractivity contribution in [3.05, 3.63) is 12.2 Å². The van der Waals surface area contributed by atoms with Crippen molar-refractivity contribution in [2.75, 3.05) is 19.8 Å². The van der Waals surface area contributed by atoms with E-state index >= 15 is 0 Å². The summed E-state index contributed by atoms with van der Waals surface area (Å²) < 4.78 is 5.38. The molecule has 0 aromatic carbocycles. The van der Waals surface area contributed by atoms with E-state index in [4.69, 9.17) is 4.74 Å². The highest BCUT2D eigenvalue weighted by Crippen LogP contribution is 2.22. The number of rotatable bonds is 3. The highest BCUT2D eigenvalue weighted by atomic mass is 16.5. The quantitative estimate of drug-likeness (QED) is 0.696. The van der Waals surface area contributed by atoms with Crippen molar-refractivity contribution >= 4 is 0 Å². The Morgan fingerprint density at radius 2 is 1.93 bits per heavy atom. The molecule has 1 N–H and O–H groups in total. The number of hydrogen-bond acceptors (Lipinski definition) is 2. The fraction of sp³-hybridized carbons (Fsp3) is 0.833. The third-order valence-corrected chi connectivity index (χ3v) is 3.52. The van der Waals surface area contributed by atoms with Crippen LogP contribution in [0, 0.1) is 5.92 Å². The van der Waals surface area contributed by atoms with Crippen molar-refractivity contribution in [2.24, 2.45) is 5.92 Å². The van der Waals surface area contributed by atoms with Crippen molar-refractivity contribution in [3.8, 4) is 0 Å². The summed E-state index contributed by atoms with van der Waals surface area (Å²) in [6.07, 6.45) is 9.46. The molecule has 1 fully saturated rings. The summed E-state index contributed by atoms with van der Waals surface area (Å²) in [7, 11) is 0. The van der Waals surface area contributed by atoms with Crippen molar-refractivity contribution in [3.63, 3.8) is 0 Å². The zero-order valence-electron chi connectivity index (χ0n) is 9.09. The molecule has 0 bridgehead atoms. The minimum atomic E-state index is 0.334. The summed E-state index contributed by atoms with van der Waals surface area (Å²) >= 11 is 0. The van der Waals surface area contributed by atoms with E-state index in [1.807, 2.05) is 0 Å². The van der Waals surface area contributed by atoms with Crippen LogP contribution in [0.1, 0.15) is 32.6 Å². The van der Waals surface area contributed by atoms with Crippen LogP contribution in [-0.4, -0.2) is 25.3 Å². The molecule has 80 valence electrons. The molecular formula is C12H21NO. The maximum absolute atomic E-state index is 5.38. The van der Waals surface area contributed by atoms with Gasteiger partial charge in [-0.05, 0) is 45.1 Å². The zero-order chi connectivity index (χ0) is 9.86. The van der Waals surface area contributed by atoms with Gasteiger partial charge in [0.15, 0.2) is 0 Å². The van der Waals surface area contributed by atoms with Crippen LogP contribution >= 0.6 is 0 Å². The van der Waals surface area contributed by atoms with Crippen LogP contribution in [-0.2, 0) is 4.74 Å². The van der Waals surface area contributed by atoms with E-state index in [0.29, 0.717) is 5.54 Å². The zero-order valence-corrected chi connectivity index (χ0v) is 9.09. The standard InChI is InChI=1S/C12H21NO/c1-12(6-8-14-9-7-12)13-10-11-4-2-3-5-11/h2-3,11,13H,4-10H2,1H3. The SMILES string of the molecule is CC1(NCC2CC=CC2)CCOCC1. The summed E-state index contributed by atoms with van der Waals surface area (Å²) in [6.45, 7) is 5.35. The Bertz CT molecular complexity index is 198. The summed E-state index contributed by atoms with van der Waals surface area (Å²) in [5.41, 5.74) is 0.334. The lowest BCUT2D eigenvalue weighted by Crippen LogP contribution is -2.48. The number of nitrogens with one attached hydrogen (secondary N) is 1. The Balaban J connectivity index is 1.72. The van der Waals surface area contributed by atoms with Crippen molar-refractivity contribution in [2.45, 2.75) is 38.1 Å². The van der Waals surface area contributed by atoms with Gasteiger partial charge in [0, 0.05) is 18.8 Å². The molecule has 0 aromatic rings. The van der Waals surface area contributed by atoms with Crippen LogP contribution in [0.2, 0.25) is 0 Å². The van der Waals surface area contributed by atoms with Crippen LogP contribution in [0.3, 0.4) is 0 Å². The molecule has 0 atom stereocenters. The second kappa shape index (κ2) is 4.45. The topological polar surface area (TPSA) is 21.3 Å².